The number of halogens is 3. The molecule has 0 saturated carbocycles. The summed E-state index contributed by atoms with van der Waals surface area (Å²) in [6.45, 7) is 0. The van der Waals surface area contributed by atoms with Gasteiger partial charge < -0.3 is 11.1 Å². The SMILES string of the molecule is NC(Cc1ccccc1)C(=O)Nc1ccc(F)c(F)c1F. The predicted octanol–water partition coefficient (Wildman–Crippen LogP) is 2.61. The molecule has 0 aliphatic heterocycles. The van der Waals surface area contributed by atoms with Crippen molar-refractivity contribution in [3.8, 4) is 0 Å². The van der Waals surface area contributed by atoms with Crippen molar-refractivity contribution in [1.29, 1.82) is 0 Å². The standard InChI is InChI=1S/C15H13F3N2O/c16-10-6-7-12(14(18)13(10)17)20-15(21)11(19)8-9-4-2-1-3-5-9/h1-7,11H,8,19H2,(H,20,21). The molecular formula is C15H13F3N2O. The third-order valence-corrected chi connectivity index (χ3v) is 2.93. The first kappa shape index (κ1) is 15.1. The summed E-state index contributed by atoms with van der Waals surface area (Å²) in [6, 6.07) is 9.77. The van der Waals surface area contributed by atoms with E-state index in [1.54, 1.807) is 24.3 Å². The van der Waals surface area contributed by atoms with E-state index in [0.717, 1.165) is 17.7 Å². The molecule has 1 unspecified atom stereocenters. The van der Waals surface area contributed by atoms with Crippen LogP contribution in [0.4, 0.5) is 18.9 Å². The minimum Gasteiger partial charge on any atom is -0.322 e. The van der Waals surface area contributed by atoms with Crippen molar-refractivity contribution >= 4 is 11.6 Å². The lowest BCUT2D eigenvalue weighted by Gasteiger charge is -2.13. The van der Waals surface area contributed by atoms with Crippen LogP contribution in [0.2, 0.25) is 0 Å². The zero-order valence-electron chi connectivity index (χ0n) is 10.9. The van der Waals surface area contributed by atoms with E-state index in [-0.39, 0.29) is 6.42 Å². The Morgan fingerprint density at radius 1 is 1.05 bits per heavy atom. The van der Waals surface area contributed by atoms with E-state index in [0.29, 0.717) is 0 Å². The molecule has 3 N–H and O–H groups in total. The van der Waals surface area contributed by atoms with Gasteiger partial charge in [-0.1, -0.05) is 30.3 Å². The van der Waals surface area contributed by atoms with Gasteiger partial charge in [0.15, 0.2) is 17.5 Å². The van der Waals surface area contributed by atoms with Crippen molar-refractivity contribution in [2.24, 2.45) is 5.73 Å². The maximum Gasteiger partial charge on any atom is 0.241 e. The summed E-state index contributed by atoms with van der Waals surface area (Å²) in [4.78, 5) is 11.8. The number of carbonyl (C=O) groups is 1. The Morgan fingerprint density at radius 3 is 2.38 bits per heavy atom. The number of rotatable bonds is 4. The molecule has 3 nitrogen and oxygen atoms in total. The molecule has 0 aliphatic rings. The van der Waals surface area contributed by atoms with E-state index in [1.807, 2.05) is 6.07 Å². The molecule has 0 aromatic heterocycles. The smallest absolute Gasteiger partial charge is 0.241 e. The molecule has 1 atom stereocenters. The Hall–Kier alpha value is -2.34. The molecule has 1 amide bonds. The third kappa shape index (κ3) is 3.61. The average Bonchev–Trinajstić information content (AvgIpc) is 2.48. The minimum atomic E-state index is -1.63. The predicted molar refractivity (Wildman–Crippen MR) is 73.1 cm³/mol. The normalized spacial score (nSPS) is 12.0. The van der Waals surface area contributed by atoms with Crippen LogP contribution in [-0.2, 0) is 11.2 Å². The van der Waals surface area contributed by atoms with Gasteiger partial charge in [-0.05, 0) is 24.1 Å². The first-order valence-electron chi connectivity index (χ1n) is 6.23. The minimum absolute atomic E-state index is 0.248. The maximum absolute atomic E-state index is 13.4. The Kier molecular flexibility index (Phi) is 4.59. The fourth-order valence-corrected chi connectivity index (χ4v) is 1.81. The van der Waals surface area contributed by atoms with Gasteiger partial charge in [0.05, 0.1) is 11.7 Å². The van der Waals surface area contributed by atoms with E-state index in [1.165, 1.54) is 0 Å². The van der Waals surface area contributed by atoms with Crippen molar-refractivity contribution < 1.29 is 18.0 Å². The second-order valence-corrected chi connectivity index (χ2v) is 4.51. The Bertz CT molecular complexity index is 647. The lowest BCUT2D eigenvalue weighted by molar-refractivity contribution is -0.117. The second-order valence-electron chi connectivity index (χ2n) is 4.51. The summed E-state index contributed by atoms with van der Waals surface area (Å²) >= 11 is 0. The van der Waals surface area contributed by atoms with Crippen LogP contribution in [0.15, 0.2) is 42.5 Å². The number of hydrogen-bond donors (Lipinski definition) is 2. The number of nitrogens with one attached hydrogen (secondary N) is 1. The Morgan fingerprint density at radius 2 is 1.71 bits per heavy atom. The van der Waals surface area contributed by atoms with Crippen LogP contribution >= 0.6 is 0 Å². The second kappa shape index (κ2) is 6.41. The third-order valence-electron chi connectivity index (χ3n) is 2.93. The monoisotopic (exact) mass is 294 g/mol. The van der Waals surface area contributed by atoms with E-state index >= 15 is 0 Å². The molecule has 110 valence electrons. The number of nitrogens with two attached hydrogens (primary N) is 1. The molecule has 0 saturated heterocycles. The number of amides is 1. The van der Waals surface area contributed by atoms with E-state index in [4.69, 9.17) is 5.73 Å². The molecule has 0 heterocycles. The van der Waals surface area contributed by atoms with Crippen molar-refractivity contribution in [2.45, 2.75) is 12.5 Å². The van der Waals surface area contributed by atoms with Gasteiger partial charge in [-0.15, -0.1) is 0 Å². The highest BCUT2D eigenvalue weighted by Crippen LogP contribution is 2.19. The summed E-state index contributed by atoms with van der Waals surface area (Å²) in [6.07, 6.45) is 0.248. The van der Waals surface area contributed by atoms with Crippen LogP contribution in [0.25, 0.3) is 0 Å². The summed E-state index contributed by atoms with van der Waals surface area (Å²) in [5, 5.41) is 2.15. The highest BCUT2D eigenvalue weighted by atomic mass is 19.2. The van der Waals surface area contributed by atoms with Crippen LogP contribution in [0, 0.1) is 17.5 Å². The molecule has 6 heteroatoms. The molecule has 0 spiro atoms. The molecule has 2 aromatic rings. The van der Waals surface area contributed by atoms with Gasteiger partial charge in [0.1, 0.15) is 0 Å². The zero-order valence-corrected chi connectivity index (χ0v) is 10.9. The lowest BCUT2D eigenvalue weighted by atomic mass is 10.1. The largest absolute Gasteiger partial charge is 0.322 e. The lowest BCUT2D eigenvalue weighted by Crippen LogP contribution is -2.37. The Balaban J connectivity index is 2.06. The van der Waals surface area contributed by atoms with Gasteiger partial charge in [0, 0.05) is 0 Å². The maximum atomic E-state index is 13.4. The van der Waals surface area contributed by atoms with E-state index in [2.05, 4.69) is 5.32 Å². The number of carbonyl (C=O) groups excluding carboxylic acids is 1. The van der Waals surface area contributed by atoms with Crippen LogP contribution in [0.5, 0.6) is 0 Å². The van der Waals surface area contributed by atoms with Gasteiger partial charge in [-0.25, -0.2) is 13.2 Å². The number of hydrogen-bond acceptors (Lipinski definition) is 2. The van der Waals surface area contributed by atoms with Gasteiger partial charge >= 0.3 is 0 Å². The summed E-state index contributed by atoms with van der Waals surface area (Å²) in [5.41, 5.74) is 6.11. The molecule has 0 aliphatic carbocycles. The van der Waals surface area contributed by atoms with Crippen molar-refractivity contribution in [2.75, 3.05) is 5.32 Å². The van der Waals surface area contributed by atoms with Crippen LogP contribution < -0.4 is 11.1 Å². The summed E-state index contributed by atoms with van der Waals surface area (Å²) < 4.78 is 39.3. The average molecular weight is 294 g/mol. The van der Waals surface area contributed by atoms with E-state index in [9.17, 15) is 18.0 Å². The Labute approximate surface area is 119 Å². The molecule has 0 radical (unpaired) electrons. The summed E-state index contributed by atoms with van der Waals surface area (Å²) in [7, 11) is 0. The number of benzene rings is 2. The quantitative estimate of drug-likeness (QED) is 0.852. The highest BCUT2D eigenvalue weighted by Gasteiger charge is 2.19. The fraction of sp³-hybridized carbons (Fsp3) is 0.133. The van der Waals surface area contributed by atoms with Gasteiger partial charge in [0.2, 0.25) is 5.91 Å². The van der Waals surface area contributed by atoms with Gasteiger partial charge in [0.25, 0.3) is 0 Å². The van der Waals surface area contributed by atoms with Gasteiger partial charge in [-0.3, -0.25) is 4.79 Å². The highest BCUT2D eigenvalue weighted by molar-refractivity contribution is 5.94. The van der Waals surface area contributed by atoms with Crippen LogP contribution in [0.3, 0.4) is 0 Å². The van der Waals surface area contributed by atoms with Crippen LogP contribution in [-0.4, -0.2) is 11.9 Å². The zero-order chi connectivity index (χ0) is 15.4. The first-order chi connectivity index (χ1) is 9.99. The summed E-state index contributed by atoms with van der Waals surface area (Å²) in [5.74, 6) is -5.08. The molecule has 0 bridgehead atoms. The van der Waals surface area contributed by atoms with E-state index < -0.39 is 35.1 Å². The molecule has 2 aromatic carbocycles. The molecule has 21 heavy (non-hydrogen) atoms. The van der Waals surface area contributed by atoms with Crippen LogP contribution in [0.1, 0.15) is 5.56 Å². The topological polar surface area (TPSA) is 55.1 Å². The van der Waals surface area contributed by atoms with Crippen molar-refractivity contribution in [3.05, 3.63) is 65.5 Å². The number of anilines is 1. The molecular weight excluding hydrogens is 281 g/mol. The fourth-order valence-electron chi connectivity index (χ4n) is 1.81. The van der Waals surface area contributed by atoms with Crippen molar-refractivity contribution in [3.63, 3.8) is 0 Å². The van der Waals surface area contributed by atoms with Crippen molar-refractivity contribution in [1.82, 2.24) is 0 Å². The molecule has 2 rings (SSSR count). The molecule has 0 fully saturated rings. The van der Waals surface area contributed by atoms with Gasteiger partial charge in [-0.2, -0.15) is 0 Å². The first-order valence-corrected chi connectivity index (χ1v) is 6.23.